The number of para-hydroxylation sites is 2. The Morgan fingerprint density at radius 1 is 1.19 bits per heavy atom. The fourth-order valence-electron chi connectivity index (χ4n) is 2.94. The topological polar surface area (TPSA) is 92.1 Å². The van der Waals surface area contributed by atoms with Crippen molar-refractivity contribution < 1.29 is 4.79 Å². The summed E-state index contributed by atoms with van der Waals surface area (Å²) in [6, 6.07) is 14.1. The third-order valence-electron chi connectivity index (χ3n) is 4.49. The summed E-state index contributed by atoms with van der Waals surface area (Å²) >= 11 is 0. The summed E-state index contributed by atoms with van der Waals surface area (Å²) < 4.78 is 1.30. The average molecular weight is 359 g/mol. The summed E-state index contributed by atoms with van der Waals surface area (Å²) in [4.78, 5) is 32.4. The van der Waals surface area contributed by atoms with Gasteiger partial charge < -0.3 is 4.98 Å². The molecule has 0 saturated heterocycles. The van der Waals surface area contributed by atoms with Gasteiger partial charge in [-0.25, -0.2) is 10.4 Å². The van der Waals surface area contributed by atoms with Gasteiger partial charge in [-0.2, -0.15) is 5.10 Å². The number of hydrazone groups is 1. The standard InChI is InChI=1S/C20H17N5O2/c1-13(25-12-22-18-9-5-3-7-16(18)20(25)27)19(26)24-23-11-14-10-21-17-8-4-2-6-15(14)17/h2-13,21H,1H3,(H,24,26)/b23-11-/t13-/m1/s1. The van der Waals surface area contributed by atoms with Crippen LogP contribution in [0.2, 0.25) is 0 Å². The number of carbonyl (C=O) groups excluding carboxylic acids is 1. The quantitative estimate of drug-likeness (QED) is 0.433. The second-order valence-corrected chi connectivity index (χ2v) is 6.17. The van der Waals surface area contributed by atoms with Crippen molar-refractivity contribution in [2.45, 2.75) is 13.0 Å². The van der Waals surface area contributed by atoms with Gasteiger partial charge in [-0.15, -0.1) is 0 Å². The smallest absolute Gasteiger partial charge is 0.262 e. The van der Waals surface area contributed by atoms with Crippen LogP contribution in [0.4, 0.5) is 0 Å². The predicted octanol–water partition coefficient (Wildman–Crippen LogP) is 2.59. The molecule has 2 aromatic heterocycles. The summed E-state index contributed by atoms with van der Waals surface area (Å²) in [7, 11) is 0. The highest BCUT2D eigenvalue weighted by Gasteiger charge is 2.17. The van der Waals surface area contributed by atoms with E-state index in [1.807, 2.05) is 36.5 Å². The summed E-state index contributed by atoms with van der Waals surface area (Å²) in [5, 5.41) is 5.51. The first-order valence-corrected chi connectivity index (χ1v) is 8.50. The maximum Gasteiger partial charge on any atom is 0.262 e. The number of amides is 1. The number of H-pyrrole nitrogens is 1. The first kappa shape index (κ1) is 16.7. The normalized spacial score (nSPS) is 12.6. The summed E-state index contributed by atoms with van der Waals surface area (Å²) in [5.41, 5.74) is 4.69. The number of nitrogens with zero attached hydrogens (tertiary/aromatic N) is 3. The number of nitrogens with one attached hydrogen (secondary N) is 2. The molecule has 7 heteroatoms. The molecular formula is C20H17N5O2. The zero-order valence-electron chi connectivity index (χ0n) is 14.6. The number of rotatable bonds is 4. The molecule has 0 aliphatic carbocycles. The molecule has 1 atom stereocenters. The van der Waals surface area contributed by atoms with Crippen molar-refractivity contribution >= 4 is 33.9 Å². The largest absolute Gasteiger partial charge is 0.361 e. The molecule has 0 spiro atoms. The Morgan fingerprint density at radius 2 is 1.93 bits per heavy atom. The van der Waals surface area contributed by atoms with Gasteiger partial charge in [0.15, 0.2) is 0 Å². The number of benzene rings is 2. The summed E-state index contributed by atoms with van der Waals surface area (Å²) in [5.74, 6) is -0.398. The SMILES string of the molecule is C[C@H](C(=O)N/N=C\c1c[nH]c2ccccc12)n1cnc2ccccc2c1=O. The van der Waals surface area contributed by atoms with Gasteiger partial charge in [-0.3, -0.25) is 14.2 Å². The molecule has 0 unspecified atom stereocenters. The molecule has 134 valence electrons. The van der Waals surface area contributed by atoms with Crippen molar-refractivity contribution in [1.82, 2.24) is 20.0 Å². The van der Waals surface area contributed by atoms with Crippen molar-refractivity contribution in [3.8, 4) is 0 Å². The molecule has 2 N–H and O–H groups in total. The minimum absolute atomic E-state index is 0.260. The Labute approximate surface area is 154 Å². The second kappa shape index (κ2) is 6.87. The Bertz CT molecular complexity index is 1220. The molecular weight excluding hydrogens is 342 g/mol. The van der Waals surface area contributed by atoms with Crippen LogP contribution >= 0.6 is 0 Å². The van der Waals surface area contributed by atoms with Gasteiger partial charge in [0.25, 0.3) is 11.5 Å². The number of fused-ring (bicyclic) bond motifs is 2. The molecule has 4 rings (SSSR count). The van der Waals surface area contributed by atoms with E-state index in [0.29, 0.717) is 10.9 Å². The summed E-state index contributed by atoms with van der Waals surface area (Å²) in [6.07, 6.45) is 4.78. The van der Waals surface area contributed by atoms with Crippen LogP contribution in [0.5, 0.6) is 0 Å². The Morgan fingerprint density at radius 3 is 2.78 bits per heavy atom. The van der Waals surface area contributed by atoms with Gasteiger partial charge >= 0.3 is 0 Å². The van der Waals surface area contributed by atoms with Gasteiger partial charge in [-0.05, 0) is 25.1 Å². The van der Waals surface area contributed by atoms with E-state index >= 15 is 0 Å². The lowest BCUT2D eigenvalue weighted by Crippen LogP contribution is -2.33. The van der Waals surface area contributed by atoms with Crippen LogP contribution in [0.15, 0.2) is 71.0 Å². The molecule has 0 fully saturated rings. The van der Waals surface area contributed by atoms with Crippen molar-refractivity contribution in [1.29, 1.82) is 0 Å². The van der Waals surface area contributed by atoms with E-state index in [0.717, 1.165) is 16.5 Å². The molecule has 0 radical (unpaired) electrons. The van der Waals surface area contributed by atoms with E-state index < -0.39 is 11.9 Å². The van der Waals surface area contributed by atoms with Gasteiger partial charge in [0.05, 0.1) is 23.4 Å². The highest BCUT2D eigenvalue weighted by molar-refractivity contribution is 5.99. The minimum atomic E-state index is -0.741. The van der Waals surface area contributed by atoms with E-state index in [1.54, 1.807) is 31.3 Å². The molecule has 1 amide bonds. The van der Waals surface area contributed by atoms with Crippen LogP contribution in [-0.2, 0) is 4.79 Å². The third kappa shape index (κ3) is 3.10. The first-order valence-electron chi connectivity index (χ1n) is 8.50. The minimum Gasteiger partial charge on any atom is -0.361 e. The Kier molecular flexibility index (Phi) is 4.25. The van der Waals surface area contributed by atoms with Crippen LogP contribution in [0.25, 0.3) is 21.8 Å². The number of hydrogen-bond donors (Lipinski definition) is 2. The van der Waals surface area contributed by atoms with Crippen LogP contribution in [0.3, 0.4) is 0 Å². The van der Waals surface area contributed by atoms with Gasteiger partial charge in [0.2, 0.25) is 0 Å². The monoisotopic (exact) mass is 359 g/mol. The fourth-order valence-corrected chi connectivity index (χ4v) is 2.94. The van der Waals surface area contributed by atoms with Crippen molar-refractivity contribution in [2.24, 2.45) is 5.10 Å². The van der Waals surface area contributed by atoms with Gasteiger partial charge in [0.1, 0.15) is 6.04 Å². The highest BCUT2D eigenvalue weighted by atomic mass is 16.2. The van der Waals surface area contributed by atoms with Crippen LogP contribution in [0, 0.1) is 0 Å². The number of carbonyl (C=O) groups is 1. The molecule has 27 heavy (non-hydrogen) atoms. The van der Waals surface area contributed by atoms with E-state index in [1.165, 1.54) is 10.9 Å². The van der Waals surface area contributed by atoms with Crippen LogP contribution in [0.1, 0.15) is 18.5 Å². The molecule has 4 aromatic rings. The van der Waals surface area contributed by atoms with Crippen molar-refractivity contribution in [3.05, 3.63) is 77.0 Å². The van der Waals surface area contributed by atoms with Gasteiger partial charge in [0, 0.05) is 22.7 Å². The molecule has 2 heterocycles. The lowest BCUT2D eigenvalue weighted by atomic mass is 10.2. The third-order valence-corrected chi connectivity index (χ3v) is 4.49. The van der Waals surface area contributed by atoms with Crippen molar-refractivity contribution in [3.63, 3.8) is 0 Å². The zero-order valence-corrected chi connectivity index (χ0v) is 14.6. The maximum absolute atomic E-state index is 12.6. The van der Waals surface area contributed by atoms with Crippen molar-refractivity contribution in [2.75, 3.05) is 0 Å². The summed E-state index contributed by atoms with van der Waals surface area (Å²) in [6.45, 7) is 1.63. The molecule has 7 nitrogen and oxygen atoms in total. The number of aromatic amines is 1. The number of aromatic nitrogens is 3. The Hall–Kier alpha value is -3.74. The zero-order chi connectivity index (χ0) is 18.8. The molecule has 0 bridgehead atoms. The van der Waals surface area contributed by atoms with E-state index in [4.69, 9.17) is 0 Å². The molecule has 0 aliphatic heterocycles. The highest BCUT2D eigenvalue weighted by Crippen LogP contribution is 2.15. The van der Waals surface area contributed by atoms with E-state index in [-0.39, 0.29) is 5.56 Å². The average Bonchev–Trinajstić information content (AvgIpc) is 3.11. The van der Waals surface area contributed by atoms with Crippen LogP contribution in [-0.4, -0.2) is 26.7 Å². The lowest BCUT2D eigenvalue weighted by Gasteiger charge is -2.13. The molecule has 0 aliphatic rings. The first-order chi connectivity index (χ1) is 13.1. The van der Waals surface area contributed by atoms with E-state index in [9.17, 15) is 9.59 Å². The maximum atomic E-state index is 12.6. The number of hydrogen-bond acceptors (Lipinski definition) is 4. The van der Waals surface area contributed by atoms with Gasteiger partial charge in [-0.1, -0.05) is 30.3 Å². The van der Waals surface area contributed by atoms with Crippen LogP contribution < -0.4 is 11.0 Å². The molecule has 2 aromatic carbocycles. The fraction of sp³-hybridized carbons (Fsp3) is 0.100. The molecule has 0 saturated carbocycles. The Balaban J connectivity index is 1.53. The lowest BCUT2D eigenvalue weighted by molar-refractivity contribution is -0.123. The predicted molar refractivity (Wildman–Crippen MR) is 105 cm³/mol. The second-order valence-electron chi connectivity index (χ2n) is 6.17. The van der Waals surface area contributed by atoms with E-state index in [2.05, 4.69) is 20.5 Å².